The fourth-order valence-electron chi connectivity index (χ4n) is 2.30. The van der Waals surface area contributed by atoms with Gasteiger partial charge in [-0.25, -0.2) is 0 Å². The highest BCUT2D eigenvalue weighted by Gasteiger charge is 2.14. The Balaban J connectivity index is 2.48. The van der Waals surface area contributed by atoms with Gasteiger partial charge >= 0.3 is 0 Å². The van der Waals surface area contributed by atoms with Crippen LogP contribution < -0.4 is 0 Å². The van der Waals surface area contributed by atoms with Crippen molar-refractivity contribution in [2.75, 3.05) is 0 Å². The van der Waals surface area contributed by atoms with Crippen molar-refractivity contribution in [2.24, 2.45) is 0 Å². The lowest BCUT2D eigenvalue weighted by molar-refractivity contribution is -0.108. The van der Waals surface area contributed by atoms with Crippen molar-refractivity contribution in [1.82, 2.24) is 4.98 Å². The molecule has 18 heavy (non-hydrogen) atoms. The van der Waals surface area contributed by atoms with Crippen LogP contribution in [-0.4, -0.2) is 11.3 Å². The van der Waals surface area contributed by atoms with Gasteiger partial charge in [-0.15, -0.1) is 0 Å². The van der Waals surface area contributed by atoms with Crippen molar-refractivity contribution in [3.8, 4) is 0 Å². The Labute approximate surface area is 108 Å². The molecule has 1 unspecified atom stereocenters. The average molecular weight is 239 g/mol. The van der Waals surface area contributed by atoms with Crippen LogP contribution in [-0.2, 0) is 4.79 Å². The van der Waals surface area contributed by atoms with Crippen molar-refractivity contribution in [3.05, 3.63) is 64.5 Å². The molecular weight excluding hydrogens is 222 g/mol. The van der Waals surface area contributed by atoms with E-state index in [9.17, 15) is 4.79 Å². The minimum atomic E-state index is -0.203. The van der Waals surface area contributed by atoms with Crippen LogP contribution in [0.5, 0.6) is 0 Å². The summed E-state index contributed by atoms with van der Waals surface area (Å²) in [5.41, 5.74) is 5.35. The molecule has 0 spiro atoms. The van der Waals surface area contributed by atoms with E-state index in [0.29, 0.717) is 0 Å². The van der Waals surface area contributed by atoms with E-state index in [1.807, 2.05) is 19.1 Å². The standard InChI is InChI=1S/C16H17NO/c1-11-6-12(2)8-15(7-11)16(10-18)14-4-5-17-13(3)9-14/h4-10,16H,1-3H3. The molecule has 2 aromatic rings. The molecular formula is C16H17NO. The van der Waals surface area contributed by atoms with Gasteiger partial charge in [-0.05, 0) is 44.0 Å². The summed E-state index contributed by atoms with van der Waals surface area (Å²) in [5.74, 6) is -0.203. The number of hydrogen-bond acceptors (Lipinski definition) is 2. The second-order valence-electron chi connectivity index (χ2n) is 4.77. The Morgan fingerprint density at radius 1 is 1.00 bits per heavy atom. The van der Waals surface area contributed by atoms with E-state index in [-0.39, 0.29) is 5.92 Å². The van der Waals surface area contributed by atoms with Crippen LogP contribution in [0, 0.1) is 20.8 Å². The van der Waals surface area contributed by atoms with Gasteiger partial charge in [0.05, 0.1) is 5.92 Å². The predicted octanol–water partition coefficient (Wildman–Crippen LogP) is 3.34. The molecule has 2 nitrogen and oxygen atoms in total. The van der Waals surface area contributed by atoms with Gasteiger partial charge in [0.2, 0.25) is 0 Å². The van der Waals surface area contributed by atoms with E-state index in [1.165, 1.54) is 11.1 Å². The maximum absolute atomic E-state index is 11.4. The third kappa shape index (κ3) is 2.65. The number of carbonyl (C=O) groups is 1. The van der Waals surface area contributed by atoms with Crippen LogP contribution in [0.4, 0.5) is 0 Å². The summed E-state index contributed by atoms with van der Waals surface area (Å²) in [6.45, 7) is 6.04. The SMILES string of the molecule is Cc1cc(C)cc(C(C=O)c2ccnc(C)c2)c1. The van der Waals surface area contributed by atoms with Gasteiger partial charge in [0.25, 0.3) is 0 Å². The van der Waals surface area contributed by atoms with E-state index >= 15 is 0 Å². The Bertz CT molecular complexity index is 555. The molecule has 92 valence electrons. The second-order valence-corrected chi connectivity index (χ2v) is 4.77. The molecule has 2 heteroatoms. The molecule has 0 bridgehead atoms. The number of aromatic nitrogens is 1. The first-order chi connectivity index (χ1) is 8.60. The largest absolute Gasteiger partial charge is 0.302 e. The first-order valence-corrected chi connectivity index (χ1v) is 6.06. The number of rotatable bonds is 3. The lowest BCUT2D eigenvalue weighted by atomic mass is 9.91. The molecule has 2 rings (SSSR count). The number of aldehydes is 1. The highest BCUT2D eigenvalue weighted by Crippen LogP contribution is 2.24. The highest BCUT2D eigenvalue weighted by molar-refractivity contribution is 5.68. The molecule has 0 aliphatic carbocycles. The third-order valence-electron chi connectivity index (χ3n) is 3.02. The lowest BCUT2D eigenvalue weighted by Gasteiger charge is -2.13. The number of carbonyl (C=O) groups excluding carboxylic acids is 1. The third-order valence-corrected chi connectivity index (χ3v) is 3.02. The quantitative estimate of drug-likeness (QED) is 0.769. The number of hydrogen-bond donors (Lipinski definition) is 0. The highest BCUT2D eigenvalue weighted by atomic mass is 16.1. The summed E-state index contributed by atoms with van der Waals surface area (Å²) >= 11 is 0. The summed E-state index contributed by atoms with van der Waals surface area (Å²) in [4.78, 5) is 15.6. The Morgan fingerprint density at radius 3 is 2.22 bits per heavy atom. The molecule has 0 saturated carbocycles. The van der Waals surface area contributed by atoms with Gasteiger partial charge in [-0.2, -0.15) is 0 Å². The van der Waals surface area contributed by atoms with Crippen LogP contribution in [0.1, 0.15) is 33.9 Å². The first kappa shape index (κ1) is 12.5. The number of aryl methyl sites for hydroxylation is 3. The summed E-state index contributed by atoms with van der Waals surface area (Å²) in [7, 11) is 0. The van der Waals surface area contributed by atoms with Gasteiger partial charge in [0.1, 0.15) is 6.29 Å². The Hall–Kier alpha value is -1.96. The summed E-state index contributed by atoms with van der Waals surface area (Å²) in [6.07, 6.45) is 2.76. The summed E-state index contributed by atoms with van der Waals surface area (Å²) in [6, 6.07) is 10.1. The van der Waals surface area contributed by atoms with E-state index < -0.39 is 0 Å². The van der Waals surface area contributed by atoms with E-state index in [4.69, 9.17) is 0 Å². The second kappa shape index (κ2) is 5.13. The van der Waals surface area contributed by atoms with Crippen molar-refractivity contribution in [2.45, 2.75) is 26.7 Å². The zero-order valence-electron chi connectivity index (χ0n) is 11.0. The molecule has 0 N–H and O–H groups in total. The van der Waals surface area contributed by atoms with Crippen molar-refractivity contribution >= 4 is 6.29 Å². The topological polar surface area (TPSA) is 30.0 Å². The zero-order chi connectivity index (χ0) is 13.1. The smallest absolute Gasteiger partial charge is 0.131 e. The van der Waals surface area contributed by atoms with Crippen LogP contribution in [0.15, 0.2) is 36.5 Å². The molecule has 1 aromatic heterocycles. The van der Waals surface area contributed by atoms with Gasteiger partial charge in [-0.1, -0.05) is 29.3 Å². The normalized spacial score (nSPS) is 12.2. The van der Waals surface area contributed by atoms with Crippen molar-refractivity contribution in [1.29, 1.82) is 0 Å². The average Bonchev–Trinajstić information content (AvgIpc) is 2.28. The molecule has 1 heterocycles. The van der Waals surface area contributed by atoms with Crippen molar-refractivity contribution in [3.63, 3.8) is 0 Å². The molecule has 0 fully saturated rings. The Morgan fingerprint density at radius 2 is 1.67 bits per heavy atom. The summed E-state index contributed by atoms with van der Waals surface area (Å²) in [5, 5.41) is 0. The fraction of sp³-hybridized carbons (Fsp3) is 0.250. The van der Waals surface area contributed by atoms with Crippen LogP contribution in [0.25, 0.3) is 0 Å². The van der Waals surface area contributed by atoms with Gasteiger partial charge in [-0.3, -0.25) is 4.98 Å². The van der Waals surface area contributed by atoms with Crippen molar-refractivity contribution < 1.29 is 4.79 Å². The van der Waals surface area contributed by atoms with E-state index in [0.717, 1.165) is 23.1 Å². The number of pyridine rings is 1. The number of nitrogens with zero attached hydrogens (tertiary/aromatic N) is 1. The molecule has 0 aliphatic rings. The molecule has 0 amide bonds. The van der Waals surface area contributed by atoms with Gasteiger partial charge < -0.3 is 4.79 Å². The monoisotopic (exact) mass is 239 g/mol. The first-order valence-electron chi connectivity index (χ1n) is 6.06. The maximum Gasteiger partial charge on any atom is 0.131 e. The van der Waals surface area contributed by atoms with E-state index in [2.05, 4.69) is 37.0 Å². The predicted molar refractivity (Wildman–Crippen MR) is 72.8 cm³/mol. The molecule has 1 atom stereocenters. The lowest BCUT2D eigenvalue weighted by Crippen LogP contribution is -2.04. The minimum Gasteiger partial charge on any atom is -0.302 e. The molecule has 0 aliphatic heterocycles. The zero-order valence-corrected chi connectivity index (χ0v) is 11.0. The molecule has 1 aromatic carbocycles. The van der Waals surface area contributed by atoms with Crippen LogP contribution in [0.3, 0.4) is 0 Å². The fourth-order valence-corrected chi connectivity index (χ4v) is 2.30. The van der Waals surface area contributed by atoms with E-state index in [1.54, 1.807) is 6.20 Å². The molecule has 0 saturated heterocycles. The minimum absolute atomic E-state index is 0.203. The number of benzene rings is 1. The summed E-state index contributed by atoms with van der Waals surface area (Å²) < 4.78 is 0. The Kier molecular flexibility index (Phi) is 3.56. The van der Waals surface area contributed by atoms with Crippen LogP contribution >= 0.6 is 0 Å². The maximum atomic E-state index is 11.4. The van der Waals surface area contributed by atoms with Gasteiger partial charge in [0, 0.05) is 11.9 Å². The van der Waals surface area contributed by atoms with Crippen LogP contribution in [0.2, 0.25) is 0 Å². The van der Waals surface area contributed by atoms with Gasteiger partial charge in [0.15, 0.2) is 0 Å². The molecule has 0 radical (unpaired) electrons.